The lowest BCUT2D eigenvalue weighted by molar-refractivity contribution is 0.0691. The molecule has 3 aromatic rings. The predicted octanol–water partition coefficient (Wildman–Crippen LogP) is 5.79. The fourth-order valence-corrected chi connectivity index (χ4v) is 7.37. The van der Waals surface area contributed by atoms with Crippen molar-refractivity contribution in [1.82, 2.24) is 0 Å². The van der Waals surface area contributed by atoms with Gasteiger partial charge < -0.3 is 9.47 Å². The highest BCUT2D eigenvalue weighted by atomic mass is 127. The van der Waals surface area contributed by atoms with Gasteiger partial charge >= 0.3 is 11.9 Å². The third-order valence-corrected chi connectivity index (χ3v) is 8.67. The first-order valence-corrected chi connectivity index (χ1v) is 14.2. The lowest BCUT2D eigenvalue weighted by Crippen LogP contribution is -2.18. The molecule has 0 aromatic heterocycles. The van der Waals surface area contributed by atoms with Gasteiger partial charge in [0, 0.05) is 14.3 Å². The van der Waals surface area contributed by atoms with Gasteiger partial charge in [0.05, 0.1) is 11.1 Å². The molecule has 0 saturated heterocycles. The van der Waals surface area contributed by atoms with Gasteiger partial charge in [-0.15, -0.1) is 0 Å². The first-order chi connectivity index (χ1) is 15.0. The minimum absolute atomic E-state index is 0.00344. The Morgan fingerprint density at radius 3 is 1.75 bits per heavy atom. The van der Waals surface area contributed by atoms with E-state index in [1.54, 1.807) is 75.5 Å². The van der Waals surface area contributed by atoms with Crippen molar-refractivity contribution in [3.05, 3.63) is 80.0 Å². The number of hydrogen-bond acceptors (Lipinski definition) is 6. The van der Waals surface area contributed by atoms with Crippen LogP contribution in [0.4, 0.5) is 0 Å². The van der Waals surface area contributed by atoms with Crippen LogP contribution in [-0.4, -0.2) is 24.9 Å². The summed E-state index contributed by atoms with van der Waals surface area (Å²) in [5.74, 6) is -1.14. The van der Waals surface area contributed by atoms with Gasteiger partial charge in [-0.3, -0.25) is 4.55 Å². The highest BCUT2D eigenvalue weighted by Crippen LogP contribution is 2.30. The Morgan fingerprint density at radius 2 is 1.19 bits per heavy atom. The summed E-state index contributed by atoms with van der Waals surface area (Å²) in [6, 6.07) is 14.1. The molecule has 3 rings (SSSR count). The van der Waals surface area contributed by atoms with E-state index in [9.17, 15) is 22.6 Å². The van der Waals surface area contributed by atoms with Crippen molar-refractivity contribution in [2.75, 3.05) is 0 Å². The van der Waals surface area contributed by atoms with Crippen LogP contribution in [0.1, 0.15) is 20.7 Å². The highest BCUT2D eigenvalue weighted by molar-refractivity contribution is 14.1. The smallest absolute Gasteiger partial charge is 0.344 e. The third kappa shape index (κ3) is 6.51. The zero-order valence-corrected chi connectivity index (χ0v) is 25.0. The topological polar surface area (TPSA) is 107 Å². The number of esters is 2. The SMILES string of the molecule is O=C(Oc1ccc(I)cc1)c1ccc(I)cc1C(=O)Oc1cc(I)c(S(=O)(=O)O)c(I)c1. The second-order valence-electron chi connectivity index (χ2n) is 6.11. The fourth-order valence-electron chi connectivity index (χ4n) is 2.53. The number of rotatable bonds is 5. The number of carbonyl (C=O) groups is 2. The largest absolute Gasteiger partial charge is 0.423 e. The van der Waals surface area contributed by atoms with Crippen molar-refractivity contribution in [3.63, 3.8) is 0 Å². The molecule has 0 aliphatic rings. The second-order valence-corrected chi connectivity index (χ2v) is 12.3. The number of ether oxygens (including phenoxy) is 2. The maximum atomic E-state index is 12.9. The van der Waals surface area contributed by atoms with Crippen molar-refractivity contribution in [1.29, 1.82) is 0 Å². The summed E-state index contributed by atoms with van der Waals surface area (Å²) in [5, 5.41) is 0. The molecule has 32 heavy (non-hydrogen) atoms. The molecule has 0 bridgehead atoms. The molecule has 3 aromatic carbocycles. The maximum Gasteiger partial charge on any atom is 0.344 e. The maximum absolute atomic E-state index is 12.9. The zero-order valence-electron chi connectivity index (χ0n) is 15.5. The molecular formula is C20H10I4O7S. The van der Waals surface area contributed by atoms with Gasteiger partial charge in [-0.05, 0) is 145 Å². The lowest BCUT2D eigenvalue weighted by Gasteiger charge is -2.12. The van der Waals surface area contributed by atoms with Gasteiger partial charge in [0.2, 0.25) is 0 Å². The van der Waals surface area contributed by atoms with E-state index < -0.39 is 22.1 Å². The molecule has 7 nitrogen and oxygen atoms in total. The Labute approximate surface area is 238 Å². The van der Waals surface area contributed by atoms with Gasteiger partial charge in [0.1, 0.15) is 16.4 Å². The van der Waals surface area contributed by atoms with Gasteiger partial charge in [-0.25, -0.2) is 9.59 Å². The van der Waals surface area contributed by atoms with Crippen LogP contribution in [0.25, 0.3) is 0 Å². The van der Waals surface area contributed by atoms with Crippen LogP contribution in [0.2, 0.25) is 0 Å². The summed E-state index contributed by atoms with van der Waals surface area (Å²) >= 11 is 7.58. The molecule has 0 atom stereocenters. The van der Waals surface area contributed by atoms with Crippen LogP contribution in [0.5, 0.6) is 11.5 Å². The molecule has 12 heteroatoms. The molecule has 0 aliphatic heterocycles. The lowest BCUT2D eigenvalue weighted by atomic mass is 10.1. The normalized spacial score (nSPS) is 11.2. The van der Waals surface area contributed by atoms with Crippen LogP contribution in [0.15, 0.2) is 59.5 Å². The van der Waals surface area contributed by atoms with E-state index in [0.717, 1.165) is 3.57 Å². The molecule has 0 amide bonds. The van der Waals surface area contributed by atoms with E-state index in [4.69, 9.17) is 9.47 Å². The number of carbonyl (C=O) groups excluding carboxylic acids is 2. The van der Waals surface area contributed by atoms with Crippen LogP contribution >= 0.6 is 90.4 Å². The molecule has 0 aliphatic carbocycles. The fraction of sp³-hybridized carbons (Fsp3) is 0. The van der Waals surface area contributed by atoms with E-state index >= 15 is 0 Å². The molecule has 0 saturated carbocycles. The molecule has 0 heterocycles. The van der Waals surface area contributed by atoms with Crippen LogP contribution in [0, 0.1) is 14.3 Å². The average molecular weight is 902 g/mol. The zero-order chi connectivity index (χ0) is 23.6. The van der Waals surface area contributed by atoms with E-state index in [2.05, 4.69) is 22.6 Å². The van der Waals surface area contributed by atoms with E-state index in [-0.39, 0.29) is 28.9 Å². The summed E-state index contributed by atoms with van der Waals surface area (Å²) in [7, 11) is -4.44. The number of halogens is 4. The molecule has 0 radical (unpaired) electrons. The molecular weight excluding hydrogens is 892 g/mol. The first kappa shape index (κ1) is 26.0. The monoisotopic (exact) mass is 902 g/mol. The predicted molar refractivity (Wildman–Crippen MR) is 150 cm³/mol. The van der Waals surface area contributed by atoms with Gasteiger partial charge in [-0.2, -0.15) is 8.42 Å². The number of hydrogen-bond donors (Lipinski definition) is 1. The molecule has 0 fully saturated rings. The quantitative estimate of drug-likeness (QED) is 0.150. The van der Waals surface area contributed by atoms with Crippen molar-refractivity contribution >= 4 is 112 Å². The highest BCUT2D eigenvalue weighted by Gasteiger charge is 2.24. The van der Waals surface area contributed by atoms with Crippen molar-refractivity contribution < 1.29 is 32.0 Å². The van der Waals surface area contributed by atoms with Crippen molar-refractivity contribution in [2.24, 2.45) is 0 Å². The summed E-state index contributed by atoms with van der Waals surface area (Å²) in [6.07, 6.45) is 0. The van der Waals surface area contributed by atoms with Crippen molar-refractivity contribution in [2.45, 2.75) is 4.90 Å². The van der Waals surface area contributed by atoms with E-state index in [1.165, 1.54) is 24.3 Å². The summed E-state index contributed by atoms with van der Waals surface area (Å²) < 4.78 is 45.3. The first-order valence-electron chi connectivity index (χ1n) is 8.41. The Balaban J connectivity index is 1.91. The van der Waals surface area contributed by atoms with Crippen LogP contribution in [-0.2, 0) is 10.1 Å². The Morgan fingerprint density at radius 1 is 0.688 bits per heavy atom. The van der Waals surface area contributed by atoms with Gasteiger partial charge in [-0.1, -0.05) is 0 Å². The summed E-state index contributed by atoms with van der Waals surface area (Å²) in [4.78, 5) is 25.3. The molecule has 0 unspecified atom stereocenters. The second kappa shape index (κ2) is 10.8. The average Bonchev–Trinajstić information content (AvgIpc) is 2.67. The van der Waals surface area contributed by atoms with Crippen LogP contribution < -0.4 is 9.47 Å². The molecule has 166 valence electrons. The van der Waals surface area contributed by atoms with Crippen molar-refractivity contribution in [3.8, 4) is 11.5 Å². The standard InChI is InChI=1S/C20H10I4O7S/c21-10-1-4-12(5-2-10)30-19(25)14-6-3-11(22)7-15(14)20(26)31-13-8-16(23)18(17(24)9-13)32(27,28)29/h1-9H,(H,27,28,29). The van der Waals surface area contributed by atoms with E-state index in [1.807, 2.05) is 22.6 Å². The Kier molecular flexibility index (Phi) is 8.78. The van der Waals surface area contributed by atoms with Gasteiger partial charge in [0.25, 0.3) is 10.1 Å². The number of benzene rings is 3. The summed E-state index contributed by atoms with van der Waals surface area (Å²) in [5.41, 5.74) is 0.0178. The van der Waals surface area contributed by atoms with Crippen LogP contribution in [0.3, 0.4) is 0 Å². The van der Waals surface area contributed by atoms with Gasteiger partial charge in [0.15, 0.2) is 0 Å². The molecule has 1 N–H and O–H groups in total. The molecule has 0 spiro atoms. The minimum Gasteiger partial charge on any atom is -0.423 e. The summed E-state index contributed by atoms with van der Waals surface area (Å²) in [6.45, 7) is 0. The Hall–Kier alpha value is -0.570. The minimum atomic E-state index is -4.44. The third-order valence-electron chi connectivity index (χ3n) is 3.89. The van der Waals surface area contributed by atoms with E-state index in [0.29, 0.717) is 9.32 Å². The Bertz CT molecular complexity index is 1300.